The van der Waals surface area contributed by atoms with Gasteiger partial charge in [-0.25, -0.2) is 0 Å². The topological polar surface area (TPSA) is 12.5 Å². The number of hydrogen-bond acceptors (Lipinski definition) is 2. The first kappa shape index (κ1) is 35.8. The second-order valence-electron chi connectivity index (χ2n) is 21.2. The van der Waals surface area contributed by atoms with Crippen molar-refractivity contribution in [3.63, 3.8) is 0 Å². The SMILES string of the molecule is CC1(C)CCC(C)(C)c2cc(N(c3ccc4c(c3)C(C)(C)c3ccccc3-4)c3cccc4c3Oc3ccc(-c5ccccc5)cc3C43C4CC5CC(C4)CC3C5)ccc21. The third kappa shape index (κ3) is 4.98. The van der Waals surface area contributed by atoms with Crippen molar-refractivity contribution in [3.05, 3.63) is 161 Å². The summed E-state index contributed by atoms with van der Waals surface area (Å²) in [6.45, 7) is 14.6. The molecule has 1 aliphatic heterocycles. The zero-order valence-corrected chi connectivity index (χ0v) is 35.7. The third-order valence-electron chi connectivity index (χ3n) is 16.8. The lowest BCUT2D eigenvalue weighted by atomic mass is 9.41. The van der Waals surface area contributed by atoms with Crippen LogP contribution in [-0.4, -0.2) is 0 Å². The molecule has 6 aromatic rings. The minimum absolute atomic E-state index is 0.0771. The molecule has 4 saturated carbocycles. The standard InChI is InChI=1S/C57H57NO/c1-54(2)25-26-55(3,4)49-34-42(21-23-46(49)54)58(41-20-22-44-43-15-10-11-16-45(43)56(5,6)48(44)33-41)51-18-12-17-47-53(51)59-52-24-19-38(37-13-8-7-9-14-37)32-50(52)57(47)39-28-35-27-36(30-39)31-40(57)29-35/h7-24,32-36,39-40H,25-31H2,1-6H3. The van der Waals surface area contributed by atoms with Crippen molar-refractivity contribution >= 4 is 17.1 Å². The summed E-state index contributed by atoms with van der Waals surface area (Å²) in [7, 11) is 0. The van der Waals surface area contributed by atoms with Crippen molar-refractivity contribution in [3.8, 4) is 33.8 Å². The highest BCUT2D eigenvalue weighted by molar-refractivity contribution is 5.88. The summed E-state index contributed by atoms with van der Waals surface area (Å²) in [6, 6.07) is 49.0. The van der Waals surface area contributed by atoms with E-state index in [2.05, 4.69) is 174 Å². The molecule has 13 rings (SSSR count). The molecule has 59 heavy (non-hydrogen) atoms. The van der Waals surface area contributed by atoms with Crippen LogP contribution in [0.2, 0.25) is 0 Å². The van der Waals surface area contributed by atoms with Gasteiger partial charge in [0.15, 0.2) is 5.75 Å². The minimum atomic E-state index is -0.109. The summed E-state index contributed by atoms with van der Waals surface area (Å²) in [5.41, 5.74) is 17.5. The van der Waals surface area contributed by atoms with Crippen LogP contribution in [0.25, 0.3) is 22.3 Å². The van der Waals surface area contributed by atoms with E-state index in [4.69, 9.17) is 4.74 Å². The summed E-state index contributed by atoms with van der Waals surface area (Å²) >= 11 is 0. The number of rotatable bonds is 4. The van der Waals surface area contributed by atoms with E-state index >= 15 is 0 Å². The Kier molecular flexibility index (Phi) is 7.44. The van der Waals surface area contributed by atoms with E-state index < -0.39 is 0 Å². The van der Waals surface area contributed by atoms with Gasteiger partial charge in [0.2, 0.25) is 0 Å². The molecular formula is C57H57NO. The molecule has 6 aromatic carbocycles. The molecule has 4 fully saturated rings. The first-order valence-electron chi connectivity index (χ1n) is 22.6. The number of anilines is 3. The largest absolute Gasteiger partial charge is 0.455 e. The van der Waals surface area contributed by atoms with Gasteiger partial charge in [0.25, 0.3) is 0 Å². The van der Waals surface area contributed by atoms with Crippen LogP contribution >= 0.6 is 0 Å². The molecule has 0 N–H and O–H groups in total. The van der Waals surface area contributed by atoms with Gasteiger partial charge in [-0.15, -0.1) is 0 Å². The first-order chi connectivity index (χ1) is 28.4. The predicted octanol–water partition coefficient (Wildman–Crippen LogP) is 15.3. The molecule has 0 atom stereocenters. The van der Waals surface area contributed by atoms with Gasteiger partial charge in [0, 0.05) is 33.3 Å². The second-order valence-corrected chi connectivity index (χ2v) is 21.2. The molecule has 0 aromatic heterocycles. The van der Waals surface area contributed by atoms with Gasteiger partial charge in [-0.1, -0.05) is 126 Å². The second kappa shape index (κ2) is 12.2. The lowest BCUT2D eigenvalue weighted by molar-refractivity contribution is -0.0451. The lowest BCUT2D eigenvalue weighted by Gasteiger charge is -2.63. The highest BCUT2D eigenvalue weighted by Crippen LogP contribution is 2.70. The molecule has 7 aliphatic rings. The maximum absolute atomic E-state index is 7.48. The molecule has 0 radical (unpaired) electrons. The van der Waals surface area contributed by atoms with Crippen molar-refractivity contribution in [2.75, 3.05) is 4.90 Å². The van der Waals surface area contributed by atoms with Crippen LogP contribution in [0.15, 0.2) is 127 Å². The van der Waals surface area contributed by atoms with E-state index in [1.165, 1.54) is 112 Å². The molecule has 2 nitrogen and oxygen atoms in total. The summed E-state index contributed by atoms with van der Waals surface area (Å²) in [5, 5.41) is 0. The average molecular weight is 772 g/mol. The van der Waals surface area contributed by atoms with Gasteiger partial charge in [0.05, 0.1) is 5.69 Å². The van der Waals surface area contributed by atoms with Gasteiger partial charge in [0.1, 0.15) is 5.75 Å². The van der Waals surface area contributed by atoms with Crippen LogP contribution in [-0.2, 0) is 21.7 Å². The normalized spacial score (nSPS) is 26.6. The van der Waals surface area contributed by atoms with Gasteiger partial charge < -0.3 is 9.64 Å². The van der Waals surface area contributed by atoms with Crippen molar-refractivity contribution in [2.24, 2.45) is 23.7 Å². The molecule has 4 bridgehead atoms. The molecule has 1 spiro atoms. The van der Waals surface area contributed by atoms with E-state index in [0.29, 0.717) is 11.8 Å². The first-order valence-corrected chi connectivity index (χ1v) is 22.6. The van der Waals surface area contributed by atoms with E-state index in [-0.39, 0.29) is 21.7 Å². The molecule has 0 unspecified atom stereocenters. The quantitative estimate of drug-likeness (QED) is 0.177. The Hall–Kier alpha value is -5.08. The smallest absolute Gasteiger partial charge is 0.155 e. The zero-order chi connectivity index (χ0) is 40.1. The maximum atomic E-state index is 7.48. The molecule has 0 amide bonds. The van der Waals surface area contributed by atoms with Crippen LogP contribution in [0.5, 0.6) is 11.5 Å². The number of nitrogens with zero attached hydrogens (tertiary/aromatic N) is 1. The molecule has 0 saturated heterocycles. The maximum Gasteiger partial charge on any atom is 0.155 e. The van der Waals surface area contributed by atoms with Crippen molar-refractivity contribution in [1.82, 2.24) is 0 Å². The Labute approximate surface area is 351 Å². The molecular weight excluding hydrogens is 715 g/mol. The average Bonchev–Trinajstić information content (AvgIpc) is 3.46. The molecule has 6 aliphatic carbocycles. The number of hydrogen-bond donors (Lipinski definition) is 0. The summed E-state index contributed by atoms with van der Waals surface area (Å²) in [4.78, 5) is 2.57. The molecule has 296 valence electrons. The molecule has 2 heteroatoms. The van der Waals surface area contributed by atoms with Crippen LogP contribution in [0.3, 0.4) is 0 Å². The Morgan fingerprint density at radius 3 is 1.85 bits per heavy atom. The van der Waals surface area contributed by atoms with Crippen LogP contribution in [0.1, 0.15) is 120 Å². The zero-order valence-electron chi connectivity index (χ0n) is 35.7. The third-order valence-corrected chi connectivity index (χ3v) is 16.8. The van der Waals surface area contributed by atoms with E-state index in [9.17, 15) is 0 Å². The Morgan fingerprint density at radius 1 is 0.475 bits per heavy atom. The van der Waals surface area contributed by atoms with E-state index in [0.717, 1.165) is 29.0 Å². The van der Waals surface area contributed by atoms with Crippen LogP contribution in [0.4, 0.5) is 17.1 Å². The Morgan fingerprint density at radius 2 is 1.10 bits per heavy atom. The fourth-order valence-corrected chi connectivity index (χ4v) is 13.9. The number of benzene rings is 6. The Balaban J connectivity index is 1.10. The fourth-order valence-electron chi connectivity index (χ4n) is 13.9. The fraction of sp³-hybridized carbons (Fsp3) is 0.368. The highest BCUT2D eigenvalue weighted by Gasteiger charge is 2.61. The van der Waals surface area contributed by atoms with Crippen LogP contribution < -0.4 is 9.64 Å². The lowest BCUT2D eigenvalue weighted by Crippen LogP contribution is -2.57. The van der Waals surface area contributed by atoms with E-state index in [1.807, 2.05) is 0 Å². The van der Waals surface area contributed by atoms with Gasteiger partial charge in [-0.3, -0.25) is 0 Å². The van der Waals surface area contributed by atoms with Gasteiger partial charge in [-0.2, -0.15) is 0 Å². The summed E-state index contributed by atoms with van der Waals surface area (Å²) in [5.74, 6) is 5.05. The number of fused-ring (bicyclic) bond motifs is 6. The minimum Gasteiger partial charge on any atom is -0.455 e. The van der Waals surface area contributed by atoms with Crippen molar-refractivity contribution < 1.29 is 4.74 Å². The van der Waals surface area contributed by atoms with Gasteiger partial charge in [-0.05, 0) is 166 Å². The summed E-state index contributed by atoms with van der Waals surface area (Å²) in [6.07, 6.45) is 9.12. The van der Waals surface area contributed by atoms with Crippen LogP contribution in [0, 0.1) is 23.7 Å². The molecule has 1 heterocycles. The highest BCUT2D eigenvalue weighted by atomic mass is 16.5. The van der Waals surface area contributed by atoms with Gasteiger partial charge >= 0.3 is 0 Å². The van der Waals surface area contributed by atoms with Crippen molar-refractivity contribution in [2.45, 2.75) is 108 Å². The van der Waals surface area contributed by atoms with E-state index in [1.54, 1.807) is 0 Å². The summed E-state index contributed by atoms with van der Waals surface area (Å²) < 4.78 is 7.48. The number of para-hydroxylation sites is 1. The number of ether oxygens (including phenoxy) is 1. The monoisotopic (exact) mass is 771 g/mol. The predicted molar refractivity (Wildman–Crippen MR) is 244 cm³/mol. The van der Waals surface area contributed by atoms with Crippen molar-refractivity contribution in [1.29, 1.82) is 0 Å². The Bertz CT molecular complexity index is 2670.